The fourth-order valence-electron chi connectivity index (χ4n) is 1.93. The highest BCUT2D eigenvalue weighted by molar-refractivity contribution is 5.21. The van der Waals surface area contributed by atoms with Gasteiger partial charge in [-0.1, -0.05) is 44.6 Å². The Balaban J connectivity index is 2.68. The smallest absolute Gasteiger partial charge is 0.123 e. The third-order valence-electron chi connectivity index (χ3n) is 2.80. The molecule has 0 spiro atoms. The minimum absolute atomic E-state index is 0.150. The molecule has 0 saturated heterocycles. The van der Waals surface area contributed by atoms with Crippen molar-refractivity contribution in [3.05, 3.63) is 47.8 Å². The molecule has 0 aliphatic carbocycles. The van der Waals surface area contributed by atoms with Crippen LogP contribution in [0.15, 0.2) is 36.4 Å². The van der Waals surface area contributed by atoms with Gasteiger partial charge in [-0.25, -0.2) is 4.39 Å². The summed E-state index contributed by atoms with van der Waals surface area (Å²) in [4.78, 5) is 0. The fourth-order valence-corrected chi connectivity index (χ4v) is 1.93. The number of allylic oxidation sites excluding steroid dienone is 2. The zero-order valence-electron chi connectivity index (χ0n) is 10.2. The zero-order chi connectivity index (χ0) is 11.8. The van der Waals surface area contributed by atoms with Crippen LogP contribution in [0, 0.1) is 5.82 Å². The van der Waals surface area contributed by atoms with Gasteiger partial charge in [-0.2, -0.15) is 0 Å². The van der Waals surface area contributed by atoms with Crippen molar-refractivity contribution >= 4 is 0 Å². The normalized spacial score (nSPS) is 13.2. The number of hydrogen-bond donors (Lipinski definition) is 0. The van der Waals surface area contributed by atoms with Gasteiger partial charge in [-0.05, 0) is 42.9 Å². The van der Waals surface area contributed by atoms with Gasteiger partial charge < -0.3 is 0 Å². The summed E-state index contributed by atoms with van der Waals surface area (Å²) in [7, 11) is 0. The first-order valence-corrected chi connectivity index (χ1v) is 6.18. The molecular formula is C15H21F. The molecule has 88 valence electrons. The molecule has 1 heteroatoms. The molecule has 0 amide bonds. The maximum atomic E-state index is 12.8. The molecular weight excluding hydrogens is 199 g/mol. The van der Waals surface area contributed by atoms with Crippen LogP contribution in [0.1, 0.15) is 51.0 Å². The van der Waals surface area contributed by atoms with Crippen LogP contribution in [-0.2, 0) is 0 Å². The highest BCUT2D eigenvalue weighted by atomic mass is 19.1. The molecule has 16 heavy (non-hydrogen) atoms. The van der Waals surface area contributed by atoms with E-state index in [1.54, 1.807) is 12.1 Å². The van der Waals surface area contributed by atoms with E-state index >= 15 is 0 Å². The van der Waals surface area contributed by atoms with Gasteiger partial charge in [0.25, 0.3) is 0 Å². The molecule has 1 rings (SSSR count). The van der Waals surface area contributed by atoms with Crippen molar-refractivity contribution in [2.45, 2.75) is 45.4 Å². The molecule has 0 aliphatic rings. The van der Waals surface area contributed by atoms with Gasteiger partial charge in [-0.3, -0.25) is 0 Å². The van der Waals surface area contributed by atoms with E-state index in [9.17, 15) is 4.39 Å². The van der Waals surface area contributed by atoms with Crippen LogP contribution in [0.2, 0.25) is 0 Å². The Bertz CT molecular complexity index is 311. The van der Waals surface area contributed by atoms with Crippen LogP contribution in [0.4, 0.5) is 4.39 Å². The SMILES string of the molecule is CC/C=C\CC(CCC)c1ccc(F)cc1. The van der Waals surface area contributed by atoms with Gasteiger partial charge in [0.15, 0.2) is 0 Å². The lowest BCUT2D eigenvalue weighted by Crippen LogP contribution is -1.97. The standard InChI is InChI=1S/C15H21F/c1-3-5-6-8-13(7-4-2)14-9-11-15(16)12-10-14/h5-6,9-13H,3-4,7-8H2,1-2H3/b6-5-. The first-order chi connectivity index (χ1) is 7.77. The Kier molecular flexibility index (Phi) is 5.84. The van der Waals surface area contributed by atoms with Crippen LogP contribution in [0.3, 0.4) is 0 Å². The Morgan fingerprint density at radius 2 is 1.81 bits per heavy atom. The number of hydrogen-bond acceptors (Lipinski definition) is 0. The number of halogens is 1. The van der Waals surface area contributed by atoms with E-state index in [1.165, 1.54) is 18.4 Å². The van der Waals surface area contributed by atoms with Crippen LogP contribution in [0.25, 0.3) is 0 Å². The molecule has 0 aliphatic heterocycles. The van der Waals surface area contributed by atoms with Crippen molar-refractivity contribution < 1.29 is 4.39 Å². The number of benzene rings is 1. The average molecular weight is 220 g/mol. The lowest BCUT2D eigenvalue weighted by molar-refractivity contribution is 0.607. The molecule has 1 aromatic rings. The summed E-state index contributed by atoms with van der Waals surface area (Å²) in [6.45, 7) is 4.34. The van der Waals surface area contributed by atoms with E-state index in [0.717, 1.165) is 12.8 Å². The summed E-state index contributed by atoms with van der Waals surface area (Å²) in [6, 6.07) is 6.94. The maximum Gasteiger partial charge on any atom is 0.123 e. The van der Waals surface area contributed by atoms with Crippen molar-refractivity contribution in [2.24, 2.45) is 0 Å². The predicted molar refractivity (Wildman–Crippen MR) is 68.1 cm³/mol. The average Bonchev–Trinajstić information content (AvgIpc) is 2.29. The third kappa shape index (κ3) is 4.18. The lowest BCUT2D eigenvalue weighted by atomic mass is 9.91. The first kappa shape index (κ1) is 13.0. The third-order valence-corrected chi connectivity index (χ3v) is 2.80. The molecule has 1 aromatic carbocycles. The quantitative estimate of drug-likeness (QED) is 0.587. The van der Waals surface area contributed by atoms with Crippen molar-refractivity contribution in [2.75, 3.05) is 0 Å². The second kappa shape index (κ2) is 7.21. The minimum atomic E-state index is -0.150. The van der Waals surface area contributed by atoms with Crippen LogP contribution < -0.4 is 0 Å². The Morgan fingerprint density at radius 3 is 2.38 bits per heavy atom. The summed E-state index contributed by atoms with van der Waals surface area (Å²) < 4.78 is 12.8. The summed E-state index contributed by atoms with van der Waals surface area (Å²) in [5.74, 6) is 0.386. The molecule has 0 bridgehead atoms. The number of rotatable bonds is 6. The molecule has 0 saturated carbocycles. The fraction of sp³-hybridized carbons (Fsp3) is 0.467. The molecule has 0 radical (unpaired) electrons. The van der Waals surface area contributed by atoms with Crippen molar-refractivity contribution in [3.63, 3.8) is 0 Å². The summed E-state index contributed by atoms with van der Waals surface area (Å²) in [6.07, 6.45) is 8.92. The minimum Gasteiger partial charge on any atom is -0.207 e. The Morgan fingerprint density at radius 1 is 1.12 bits per heavy atom. The molecule has 0 N–H and O–H groups in total. The van der Waals surface area contributed by atoms with Gasteiger partial charge in [0.1, 0.15) is 5.82 Å². The molecule has 0 aromatic heterocycles. The largest absolute Gasteiger partial charge is 0.207 e. The zero-order valence-corrected chi connectivity index (χ0v) is 10.2. The second-order valence-electron chi connectivity index (χ2n) is 4.15. The van der Waals surface area contributed by atoms with Gasteiger partial charge in [-0.15, -0.1) is 0 Å². The Hall–Kier alpha value is -1.11. The summed E-state index contributed by atoms with van der Waals surface area (Å²) in [5, 5.41) is 0. The monoisotopic (exact) mass is 220 g/mol. The van der Waals surface area contributed by atoms with Gasteiger partial charge in [0.05, 0.1) is 0 Å². The van der Waals surface area contributed by atoms with Crippen LogP contribution in [0.5, 0.6) is 0 Å². The first-order valence-electron chi connectivity index (χ1n) is 6.18. The van der Waals surface area contributed by atoms with Gasteiger partial charge >= 0.3 is 0 Å². The summed E-state index contributed by atoms with van der Waals surface area (Å²) >= 11 is 0. The van der Waals surface area contributed by atoms with Crippen LogP contribution in [-0.4, -0.2) is 0 Å². The molecule has 0 nitrogen and oxygen atoms in total. The Labute approximate surface area is 98.2 Å². The summed E-state index contributed by atoms with van der Waals surface area (Å²) in [5.41, 5.74) is 1.25. The van der Waals surface area contributed by atoms with Gasteiger partial charge in [0, 0.05) is 0 Å². The molecule has 0 heterocycles. The maximum absolute atomic E-state index is 12.8. The van der Waals surface area contributed by atoms with E-state index < -0.39 is 0 Å². The van der Waals surface area contributed by atoms with E-state index in [4.69, 9.17) is 0 Å². The molecule has 0 fully saturated rings. The van der Waals surface area contributed by atoms with E-state index in [0.29, 0.717) is 5.92 Å². The van der Waals surface area contributed by atoms with E-state index in [1.807, 2.05) is 12.1 Å². The van der Waals surface area contributed by atoms with Crippen molar-refractivity contribution in [1.29, 1.82) is 0 Å². The lowest BCUT2D eigenvalue weighted by Gasteiger charge is -2.14. The second-order valence-corrected chi connectivity index (χ2v) is 4.15. The predicted octanol–water partition coefficient (Wildman–Crippen LogP) is 5.07. The highest BCUT2D eigenvalue weighted by Gasteiger charge is 2.08. The topological polar surface area (TPSA) is 0 Å². The van der Waals surface area contributed by atoms with Crippen molar-refractivity contribution in [3.8, 4) is 0 Å². The molecule has 1 unspecified atom stereocenters. The molecule has 1 atom stereocenters. The van der Waals surface area contributed by atoms with E-state index in [2.05, 4.69) is 26.0 Å². The highest BCUT2D eigenvalue weighted by Crippen LogP contribution is 2.25. The van der Waals surface area contributed by atoms with Gasteiger partial charge in [0.2, 0.25) is 0 Å². The van der Waals surface area contributed by atoms with E-state index in [-0.39, 0.29) is 5.82 Å². The van der Waals surface area contributed by atoms with Crippen molar-refractivity contribution in [1.82, 2.24) is 0 Å². The van der Waals surface area contributed by atoms with Crippen LogP contribution >= 0.6 is 0 Å².